The van der Waals surface area contributed by atoms with E-state index in [9.17, 15) is 4.79 Å². The van der Waals surface area contributed by atoms with Crippen molar-refractivity contribution in [1.82, 2.24) is 4.90 Å². The second kappa shape index (κ2) is 11.0. The van der Waals surface area contributed by atoms with E-state index in [1.54, 1.807) is 7.11 Å². The number of hydrogen-bond acceptors (Lipinski definition) is 3. The van der Waals surface area contributed by atoms with E-state index < -0.39 is 0 Å². The molecule has 3 aromatic carbocycles. The Labute approximate surface area is 190 Å². The maximum atomic E-state index is 12.9. The summed E-state index contributed by atoms with van der Waals surface area (Å²) in [4.78, 5) is 15.4. The fraction of sp³-hybridized carbons (Fsp3) is 0.269. The Balaban J connectivity index is 0.00000272. The molecule has 0 bridgehead atoms. The van der Waals surface area contributed by atoms with Crippen LogP contribution in [0.5, 0.6) is 5.75 Å². The number of nitrogens with zero attached hydrogens (tertiary/aromatic N) is 1. The third-order valence-corrected chi connectivity index (χ3v) is 5.62. The van der Waals surface area contributed by atoms with Crippen molar-refractivity contribution in [2.45, 2.75) is 25.8 Å². The number of amides is 1. The van der Waals surface area contributed by atoms with E-state index in [4.69, 9.17) is 4.74 Å². The molecular formula is C26H29ClN2O2. The Morgan fingerprint density at radius 1 is 0.935 bits per heavy atom. The van der Waals surface area contributed by atoms with Crippen molar-refractivity contribution in [1.29, 1.82) is 0 Å². The largest absolute Gasteiger partial charge is 0.497 e. The summed E-state index contributed by atoms with van der Waals surface area (Å²) in [6.45, 7) is 3.10. The van der Waals surface area contributed by atoms with Crippen LogP contribution in [0, 0.1) is 0 Å². The summed E-state index contributed by atoms with van der Waals surface area (Å²) in [5.74, 6) is 0.612. The number of carbonyl (C=O) groups is 1. The molecule has 0 atom stereocenters. The van der Waals surface area contributed by atoms with Crippen LogP contribution in [0.3, 0.4) is 0 Å². The van der Waals surface area contributed by atoms with E-state index in [0.717, 1.165) is 31.1 Å². The van der Waals surface area contributed by atoms with Gasteiger partial charge in [0.05, 0.1) is 7.11 Å². The number of halogens is 1. The second-order valence-electron chi connectivity index (χ2n) is 7.76. The lowest BCUT2D eigenvalue weighted by Gasteiger charge is -2.27. The lowest BCUT2D eigenvalue weighted by molar-refractivity contribution is 0.102. The maximum absolute atomic E-state index is 12.9. The molecule has 1 amide bonds. The first-order valence-electron chi connectivity index (χ1n) is 10.6. The highest BCUT2D eigenvalue weighted by molar-refractivity contribution is 6.04. The minimum Gasteiger partial charge on any atom is -0.497 e. The standard InChI is InChI=1S/C26H28N2O2.ClH/c1-30-24-12-8-11-23(18-24)27-26(29)21-13-14-25(20-9-4-2-5-10-20)22(17-21)19-28-15-6-3-7-16-28;/h2,4-5,8-14,17-18H,3,6-7,15-16,19H2,1H3,(H,27,29);1H. The average Bonchev–Trinajstić information content (AvgIpc) is 2.80. The third-order valence-electron chi connectivity index (χ3n) is 5.62. The molecule has 1 fully saturated rings. The van der Waals surface area contributed by atoms with Gasteiger partial charge in [0.1, 0.15) is 5.75 Å². The summed E-state index contributed by atoms with van der Waals surface area (Å²) in [6.07, 6.45) is 3.80. The van der Waals surface area contributed by atoms with Gasteiger partial charge >= 0.3 is 0 Å². The van der Waals surface area contributed by atoms with E-state index >= 15 is 0 Å². The molecule has 4 rings (SSSR count). The number of benzene rings is 3. The summed E-state index contributed by atoms with van der Waals surface area (Å²) >= 11 is 0. The monoisotopic (exact) mass is 436 g/mol. The van der Waals surface area contributed by atoms with Gasteiger partial charge in [-0.1, -0.05) is 48.9 Å². The van der Waals surface area contributed by atoms with Gasteiger partial charge in [0, 0.05) is 23.9 Å². The van der Waals surface area contributed by atoms with Gasteiger partial charge in [0.2, 0.25) is 0 Å². The molecule has 5 heteroatoms. The Morgan fingerprint density at radius 2 is 1.71 bits per heavy atom. The van der Waals surface area contributed by atoms with E-state index in [1.165, 1.54) is 36.0 Å². The minimum atomic E-state index is -0.109. The Hall–Kier alpha value is -2.82. The third kappa shape index (κ3) is 5.87. The van der Waals surface area contributed by atoms with Gasteiger partial charge in [-0.25, -0.2) is 0 Å². The Kier molecular flexibility index (Phi) is 8.10. The van der Waals surface area contributed by atoms with Gasteiger partial charge in [-0.15, -0.1) is 12.4 Å². The van der Waals surface area contributed by atoms with Crippen molar-refractivity contribution < 1.29 is 9.53 Å². The summed E-state index contributed by atoms with van der Waals surface area (Å²) in [5.41, 5.74) is 4.97. The SMILES string of the molecule is COc1cccc(NC(=O)c2ccc(-c3ccccc3)c(CN3CCCCC3)c2)c1.Cl. The smallest absolute Gasteiger partial charge is 0.255 e. The number of nitrogens with one attached hydrogen (secondary N) is 1. The average molecular weight is 437 g/mol. The summed E-state index contributed by atoms with van der Waals surface area (Å²) < 4.78 is 5.25. The molecule has 1 N–H and O–H groups in total. The second-order valence-corrected chi connectivity index (χ2v) is 7.76. The highest BCUT2D eigenvalue weighted by Gasteiger charge is 2.16. The normalized spacial score (nSPS) is 13.8. The van der Waals surface area contributed by atoms with Crippen LogP contribution in [0.2, 0.25) is 0 Å². The number of methoxy groups -OCH3 is 1. The number of rotatable bonds is 6. The van der Waals surface area contributed by atoms with Gasteiger partial charge in [0.15, 0.2) is 0 Å². The fourth-order valence-corrected chi connectivity index (χ4v) is 4.03. The summed E-state index contributed by atoms with van der Waals surface area (Å²) in [5, 5.41) is 2.99. The maximum Gasteiger partial charge on any atom is 0.255 e. The zero-order valence-corrected chi connectivity index (χ0v) is 18.7. The van der Waals surface area contributed by atoms with Crippen molar-refractivity contribution in [3.05, 3.63) is 83.9 Å². The van der Waals surface area contributed by atoms with Crippen LogP contribution in [-0.2, 0) is 6.54 Å². The molecule has 0 aromatic heterocycles. The molecule has 0 aliphatic carbocycles. The van der Waals surface area contributed by atoms with Crippen LogP contribution < -0.4 is 10.1 Å². The van der Waals surface area contributed by atoms with Gasteiger partial charge in [-0.2, -0.15) is 0 Å². The number of ether oxygens (including phenoxy) is 1. The predicted octanol–water partition coefficient (Wildman–Crippen LogP) is 6.02. The number of hydrogen-bond donors (Lipinski definition) is 1. The van der Waals surface area contributed by atoms with Gasteiger partial charge in [0.25, 0.3) is 5.91 Å². The molecule has 0 spiro atoms. The van der Waals surface area contributed by atoms with E-state index in [1.807, 2.05) is 42.5 Å². The van der Waals surface area contributed by atoms with Crippen LogP contribution in [0.25, 0.3) is 11.1 Å². The lowest BCUT2D eigenvalue weighted by Crippen LogP contribution is -2.29. The molecule has 0 saturated carbocycles. The van der Waals surface area contributed by atoms with Crippen LogP contribution in [0.15, 0.2) is 72.8 Å². The predicted molar refractivity (Wildman–Crippen MR) is 129 cm³/mol. The van der Waals surface area contributed by atoms with Gasteiger partial charge < -0.3 is 10.1 Å². The molecule has 0 radical (unpaired) electrons. The molecule has 4 nitrogen and oxygen atoms in total. The van der Waals surface area contributed by atoms with Crippen molar-refractivity contribution in [2.75, 3.05) is 25.5 Å². The molecule has 3 aromatic rings. The first-order valence-corrected chi connectivity index (χ1v) is 10.6. The first-order chi connectivity index (χ1) is 14.7. The molecular weight excluding hydrogens is 408 g/mol. The highest BCUT2D eigenvalue weighted by atomic mass is 35.5. The number of anilines is 1. The number of likely N-dealkylation sites (tertiary alicyclic amines) is 1. The van der Waals surface area contributed by atoms with Crippen LogP contribution >= 0.6 is 12.4 Å². The fourth-order valence-electron chi connectivity index (χ4n) is 4.03. The molecule has 0 unspecified atom stereocenters. The molecule has 1 aliphatic heterocycles. The van der Waals surface area contributed by atoms with Crippen molar-refractivity contribution in [3.63, 3.8) is 0 Å². The van der Waals surface area contributed by atoms with Crippen LogP contribution in [0.4, 0.5) is 5.69 Å². The summed E-state index contributed by atoms with van der Waals surface area (Å²) in [6, 6.07) is 23.9. The molecule has 31 heavy (non-hydrogen) atoms. The quantitative estimate of drug-likeness (QED) is 0.513. The van der Waals surface area contributed by atoms with Crippen LogP contribution in [0.1, 0.15) is 35.2 Å². The lowest BCUT2D eigenvalue weighted by atomic mass is 9.96. The Morgan fingerprint density at radius 3 is 2.45 bits per heavy atom. The van der Waals surface area contributed by atoms with Gasteiger partial charge in [-0.05, 0) is 66.9 Å². The Bertz CT molecular complexity index is 1000. The molecule has 1 heterocycles. The van der Waals surface area contributed by atoms with Crippen molar-refractivity contribution in [3.8, 4) is 16.9 Å². The highest BCUT2D eigenvalue weighted by Crippen LogP contribution is 2.27. The van der Waals surface area contributed by atoms with Crippen molar-refractivity contribution >= 4 is 24.0 Å². The summed E-state index contributed by atoms with van der Waals surface area (Å²) in [7, 11) is 1.62. The van der Waals surface area contributed by atoms with Crippen molar-refractivity contribution in [2.24, 2.45) is 0 Å². The zero-order valence-electron chi connectivity index (χ0n) is 17.8. The molecule has 1 saturated heterocycles. The number of piperidine rings is 1. The number of carbonyl (C=O) groups excluding carboxylic acids is 1. The van der Waals surface area contributed by atoms with E-state index in [0.29, 0.717) is 5.56 Å². The van der Waals surface area contributed by atoms with Gasteiger partial charge in [-0.3, -0.25) is 9.69 Å². The molecule has 162 valence electrons. The topological polar surface area (TPSA) is 41.6 Å². The van der Waals surface area contributed by atoms with E-state index in [2.05, 4.69) is 40.5 Å². The van der Waals surface area contributed by atoms with Crippen LogP contribution in [-0.4, -0.2) is 31.0 Å². The minimum absolute atomic E-state index is 0. The van der Waals surface area contributed by atoms with E-state index in [-0.39, 0.29) is 18.3 Å². The molecule has 1 aliphatic rings. The zero-order chi connectivity index (χ0) is 20.8. The first kappa shape index (κ1) is 22.9.